The third-order valence-electron chi connectivity index (χ3n) is 5.66. The van der Waals surface area contributed by atoms with Gasteiger partial charge in [0.1, 0.15) is 6.04 Å². The largest absolute Gasteiger partial charge is 0.493 e. The monoisotopic (exact) mass is 478 g/mol. The second-order valence-corrected chi connectivity index (χ2v) is 9.80. The Kier molecular flexibility index (Phi) is 7.99. The first-order chi connectivity index (χ1) is 16.5. The summed E-state index contributed by atoms with van der Waals surface area (Å²) >= 11 is 0. The Morgan fingerprint density at radius 1 is 0.971 bits per heavy atom. The molecule has 1 atom stereocenters. The Morgan fingerprint density at radius 2 is 1.60 bits per heavy atom. The van der Waals surface area contributed by atoms with E-state index in [1.54, 1.807) is 35.2 Å². The average molecular weight is 479 g/mol. The number of hydrogen-bond acceptors (Lipinski definition) is 5. The first-order valence-corrected chi connectivity index (χ1v) is 11.7. The maximum absolute atomic E-state index is 13.5. The second-order valence-electron chi connectivity index (χ2n) is 9.80. The van der Waals surface area contributed by atoms with Gasteiger partial charge in [0.15, 0.2) is 17.3 Å². The van der Waals surface area contributed by atoms with Gasteiger partial charge in [-0.2, -0.15) is 0 Å². The molecule has 186 valence electrons. The van der Waals surface area contributed by atoms with Crippen molar-refractivity contribution in [1.82, 2.24) is 10.2 Å². The van der Waals surface area contributed by atoms with E-state index in [0.29, 0.717) is 22.6 Å². The van der Waals surface area contributed by atoms with Crippen LogP contribution in [0, 0.1) is 6.92 Å². The molecule has 2 aromatic carbocycles. The Bertz CT molecular complexity index is 1110. The van der Waals surface area contributed by atoms with Crippen molar-refractivity contribution in [2.75, 3.05) is 14.2 Å². The Morgan fingerprint density at radius 3 is 2.14 bits per heavy atom. The van der Waals surface area contributed by atoms with Crippen molar-refractivity contribution in [1.29, 1.82) is 0 Å². The van der Waals surface area contributed by atoms with Gasteiger partial charge in [0.2, 0.25) is 11.8 Å². The highest BCUT2D eigenvalue weighted by molar-refractivity contribution is 6.08. The number of aryl methyl sites for hydroxylation is 1. The number of allylic oxidation sites excluding steroid dienone is 1. The number of benzene rings is 2. The van der Waals surface area contributed by atoms with E-state index >= 15 is 0 Å². The molecule has 2 amide bonds. The van der Waals surface area contributed by atoms with Crippen LogP contribution in [0.5, 0.6) is 11.5 Å². The quantitative estimate of drug-likeness (QED) is 0.427. The molecule has 0 aromatic heterocycles. The summed E-state index contributed by atoms with van der Waals surface area (Å²) in [4.78, 5) is 41.1. The van der Waals surface area contributed by atoms with Crippen LogP contribution in [0.1, 0.15) is 61.1 Å². The molecule has 0 radical (unpaired) electrons. The molecular weight excluding hydrogens is 444 g/mol. The van der Waals surface area contributed by atoms with Crippen LogP contribution in [0.3, 0.4) is 0 Å². The van der Waals surface area contributed by atoms with E-state index in [-0.39, 0.29) is 17.7 Å². The summed E-state index contributed by atoms with van der Waals surface area (Å²) in [6.07, 6.45) is 4.12. The highest BCUT2D eigenvalue weighted by Crippen LogP contribution is 2.38. The zero-order chi connectivity index (χ0) is 25.8. The van der Waals surface area contributed by atoms with Gasteiger partial charge < -0.3 is 19.7 Å². The molecule has 1 fully saturated rings. The smallest absolute Gasteiger partial charge is 0.247 e. The number of rotatable bonds is 9. The molecular formula is C28H34N2O5. The van der Waals surface area contributed by atoms with Crippen molar-refractivity contribution in [2.24, 2.45) is 0 Å². The molecule has 0 bridgehead atoms. The predicted molar refractivity (Wildman–Crippen MR) is 135 cm³/mol. The molecule has 0 saturated heterocycles. The number of amides is 2. The maximum Gasteiger partial charge on any atom is 0.247 e. The number of nitrogens with zero attached hydrogens (tertiary/aromatic N) is 1. The number of ether oxygens (including phenoxy) is 2. The number of ketones is 1. The van der Waals surface area contributed by atoms with Gasteiger partial charge in [0.05, 0.1) is 14.2 Å². The molecule has 0 heterocycles. The summed E-state index contributed by atoms with van der Waals surface area (Å²) in [7, 11) is 3.06. The minimum Gasteiger partial charge on any atom is -0.493 e. The van der Waals surface area contributed by atoms with Gasteiger partial charge in [-0.25, -0.2) is 0 Å². The number of carbonyl (C=O) groups is 3. The molecule has 1 unspecified atom stereocenters. The SMILES string of the molecule is COc1ccc(C(C(=O)NC(C)(C)C)N(C(=O)C=CC(=O)c2ccc(C)cc2)C2CC2)cc1OC. The van der Waals surface area contributed by atoms with Gasteiger partial charge >= 0.3 is 0 Å². The molecule has 1 saturated carbocycles. The third-order valence-corrected chi connectivity index (χ3v) is 5.66. The van der Waals surface area contributed by atoms with Gasteiger partial charge in [0.25, 0.3) is 0 Å². The lowest BCUT2D eigenvalue weighted by molar-refractivity contribution is -0.139. The summed E-state index contributed by atoms with van der Waals surface area (Å²) in [5, 5.41) is 3.00. The maximum atomic E-state index is 13.5. The van der Waals surface area contributed by atoms with Crippen molar-refractivity contribution < 1.29 is 23.9 Å². The first kappa shape index (κ1) is 26.0. The molecule has 3 rings (SSSR count). The molecule has 2 aromatic rings. The summed E-state index contributed by atoms with van der Waals surface area (Å²) in [6.45, 7) is 7.61. The van der Waals surface area contributed by atoms with E-state index in [2.05, 4.69) is 5.32 Å². The minimum absolute atomic E-state index is 0.0922. The van der Waals surface area contributed by atoms with Crippen molar-refractivity contribution in [3.63, 3.8) is 0 Å². The van der Waals surface area contributed by atoms with Crippen LogP contribution in [0.25, 0.3) is 0 Å². The molecule has 1 aliphatic carbocycles. The van der Waals surface area contributed by atoms with E-state index in [0.717, 1.165) is 18.4 Å². The third kappa shape index (κ3) is 6.72. The van der Waals surface area contributed by atoms with E-state index in [9.17, 15) is 14.4 Å². The lowest BCUT2D eigenvalue weighted by Crippen LogP contribution is -2.49. The van der Waals surface area contributed by atoms with Crippen molar-refractivity contribution in [3.05, 3.63) is 71.3 Å². The van der Waals surface area contributed by atoms with Gasteiger partial charge in [-0.05, 0) is 64.3 Å². The molecule has 7 nitrogen and oxygen atoms in total. The zero-order valence-corrected chi connectivity index (χ0v) is 21.3. The normalized spacial score (nSPS) is 14.3. The summed E-state index contributed by atoms with van der Waals surface area (Å²) < 4.78 is 10.8. The zero-order valence-electron chi connectivity index (χ0n) is 21.3. The highest BCUT2D eigenvalue weighted by Gasteiger charge is 2.41. The van der Waals surface area contributed by atoms with Crippen LogP contribution < -0.4 is 14.8 Å². The number of methoxy groups -OCH3 is 2. The molecule has 0 aliphatic heterocycles. The van der Waals surface area contributed by atoms with E-state index in [1.165, 1.54) is 26.4 Å². The fourth-order valence-electron chi connectivity index (χ4n) is 3.82. The van der Waals surface area contributed by atoms with Gasteiger partial charge in [0, 0.05) is 23.2 Å². The van der Waals surface area contributed by atoms with Crippen molar-refractivity contribution >= 4 is 17.6 Å². The molecule has 0 spiro atoms. The van der Waals surface area contributed by atoms with Crippen molar-refractivity contribution in [3.8, 4) is 11.5 Å². The standard InChI is InChI=1S/C28H34N2O5/c1-18-7-9-19(10-8-18)22(31)14-16-25(32)30(21-12-13-21)26(27(33)29-28(2,3)4)20-11-15-23(34-5)24(17-20)35-6/h7-11,14-17,21,26H,12-13H2,1-6H3,(H,29,33). The summed E-state index contributed by atoms with van der Waals surface area (Å²) in [6, 6.07) is 11.4. The first-order valence-electron chi connectivity index (χ1n) is 11.7. The number of nitrogens with one attached hydrogen (secondary N) is 1. The predicted octanol–water partition coefficient (Wildman–Crippen LogP) is 4.40. The fourth-order valence-corrected chi connectivity index (χ4v) is 3.82. The van der Waals surface area contributed by atoms with Crippen LogP contribution >= 0.6 is 0 Å². The molecule has 35 heavy (non-hydrogen) atoms. The van der Waals surface area contributed by atoms with Crippen LogP contribution in [-0.2, 0) is 9.59 Å². The molecule has 1 N–H and O–H groups in total. The average Bonchev–Trinajstić information content (AvgIpc) is 3.64. The topological polar surface area (TPSA) is 84.9 Å². The summed E-state index contributed by atoms with van der Waals surface area (Å²) in [5.74, 6) is 0.0295. The molecule has 7 heteroatoms. The van der Waals surface area contributed by atoms with E-state index < -0.39 is 17.5 Å². The van der Waals surface area contributed by atoms with Crippen LogP contribution in [0.2, 0.25) is 0 Å². The Hall–Kier alpha value is -3.61. The van der Waals surface area contributed by atoms with Crippen LogP contribution in [0.4, 0.5) is 0 Å². The molecule has 1 aliphatic rings. The van der Waals surface area contributed by atoms with E-state index in [4.69, 9.17) is 9.47 Å². The van der Waals surface area contributed by atoms with Crippen LogP contribution in [-0.4, -0.2) is 48.3 Å². The van der Waals surface area contributed by atoms with Crippen LogP contribution in [0.15, 0.2) is 54.6 Å². The van der Waals surface area contributed by atoms with E-state index in [1.807, 2.05) is 39.8 Å². The summed E-state index contributed by atoms with van der Waals surface area (Å²) in [5.41, 5.74) is 1.65. The van der Waals surface area contributed by atoms with Crippen molar-refractivity contribution in [2.45, 2.75) is 58.2 Å². The number of hydrogen-bond donors (Lipinski definition) is 1. The Balaban J connectivity index is 1.97. The Labute approximate surface area is 207 Å². The second kappa shape index (κ2) is 10.8. The lowest BCUT2D eigenvalue weighted by atomic mass is 10.0. The van der Waals surface area contributed by atoms with Gasteiger partial charge in [-0.3, -0.25) is 14.4 Å². The minimum atomic E-state index is -0.895. The lowest BCUT2D eigenvalue weighted by Gasteiger charge is -2.33. The highest BCUT2D eigenvalue weighted by atomic mass is 16.5. The van der Waals surface area contributed by atoms with Gasteiger partial charge in [-0.1, -0.05) is 35.9 Å². The number of carbonyl (C=O) groups excluding carboxylic acids is 3. The fraction of sp³-hybridized carbons (Fsp3) is 0.393. The van der Waals surface area contributed by atoms with Gasteiger partial charge in [-0.15, -0.1) is 0 Å².